The molecule has 1 aliphatic rings. The third-order valence-electron chi connectivity index (χ3n) is 5.85. The maximum absolute atomic E-state index is 13.2. The highest BCUT2D eigenvalue weighted by atomic mass is 16.5. The Labute approximate surface area is 192 Å². The Hall–Kier alpha value is -3.81. The Bertz CT molecular complexity index is 1220. The molecule has 0 saturated heterocycles. The van der Waals surface area contributed by atoms with Gasteiger partial charge in [0.05, 0.1) is 19.4 Å². The predicted molar refractivity (Wildman–Crippen MR) is 125 cm³/mol. The molecule has 2 aromatic carbocycles. The standard InChI is InChI=1S/C25H28N4O4/c1-6-33-18-11-10-16(13-19(18)32-5)21-20-15(3)28-29(4)23(20)27-25(31)22(21)26-24(30)17-9-7-8-14(2)12-17/h7-13,21-22H,6H2,1-5H3,(H,26,30)(H,27,31)/t21-,22-/m0/s1. The average Bonchev–Trinajstić information content (AvgIpc) is 3.07. The first-order chi connectivity index (χ1) is 15.8. The summed E-state index contributed by atoms with van der Waals surface area (Å²) in [6.45, 7) is 6.22. The molecule has 4 rings (SSSR count). The van der Waals surface area contributed by atoms with Crippen LogP contribution in [-0.4, -0.2) is 41.4 Å². The zero-order chi connectivity index (χ0) is 23.7. The third-order valence-corrected chi connectivity index (χ3v) is 5.85. The first-order valence-corrected chi connectivity index (χ1v) is 10.9. The summed E-state index contributed by atoms with van der Waals surface area (Å²) < 4.78 is 12.9. The lowest BCUT2D eigenvalue weighted by Crippen LogP contribution is -2.50. The Morgan fingerprint density at radius 2 is 1.97 bits per heavy atom. The highest BCUT2D eigenvalue weighted by molar-refractivity contribution is 6.04. The van der Waals surface area contributed by atoms with Gasteiger partial charge in [-0.3, -0.25) is 14.3 Å². The van der Waals surface area contributed by atoms with Crippen molar-refractivity contribution < 1.29 is 19.1 Å². The van der Waals surface area contributed by atoms with Crippen LogP contribution in [0, 0.1) is 13.8 Å². The maximum atomic E-state index is 13.2. The molecule has 0 fully saturated rings. The lowest BCUT2D eigenvalue weighted by atomic mass is 9.81. The fraction of sp³-hybridized carbons (Fsp3) is 0.320. The highest BCUT2D eigenvalue weighted by Crippen LogP contribution is 2.41. The van der Waals surface area contributed by atoms with Crippen LogP contribution in [0.4, 0.5) is 5.82 Å². The molecule has 172 valence electrons. The Balaban J connectivity index is 1.80. The Kier molecular flexibility index (Phi) is 6.09. The average molecular weight is 449 g/mol. The fourth-order valence-electron chi connectivity index (χ4n) is 4.38. The van der Waals surface area contributed by atoms with Gasteiger partial charge in [0.2, 0.25) is 5.91 Å². The van der Waals surface area contributed by atoms with Crippen LogP contribution in [0.1, 0.15) is 45.6 Å². The molecule has 0 aliphatic carbocycles. The number of carbonyl (C=O) groups excluding carboxylic acids is 2. The van der Waals surface area contributed by atoms with Gasteiger partial charge >= 0.3 is 0 Å². The second-order valence-corrected chi connectivity index (χ2v) is 8.10. The largest absolute Gasteiger partial charge is 0.493 e. The number of methoxy groups -OCH3 is 1. The molecule has 2 atom stereocenters. The molecule has 0 saturated carbocycles. The van der Waals surface area contributed by atoms with Gasteiger partial charge in [0.15, 0.2) is 11.5 Å². The van der Waals surface area contributed by atoms with Crippen molar-refractivity contribution in [3.63, 3.8) is 0 Å². The zero-order valence-electron chi connectivity index (χ0n) is 19.4. The Morgan fingerprint density at radius 3 is 2.67 bits per heavy atom. The molecule has 1 aliphatic heterocycles. The van der Waals surface area contributed by atoms with Crippen molar-refractivity contribution in [1.82, 2.24) is 15.1 Å². The molecule has 2 amide bonds. The van der Waals surface area contributed by atoms with Crippen molar-refractivity contribution >= 4 is 17.6 Å². The van der Waals surface area contributed by atoms with Gasteiger partial charge in [-0.1, -0.05) is 23.8 Å². The number of nitrogens with one attached hydrogen (secondary N) is 2. The van der Waals surface area contributed by atoms with E-state index in [1.54, 1.807) is 31.0 Å². The molecule has 2 heterocycles. The highest BCUT2D eigenvalue weighted by Gasteiger charge is 2.41. The number of hydrogen-bond acceptors (Lipinski definition) is 5. The zero-order valence-corrected chi connectivity index (χ0v) is 19.4. The van der Waals surface area contributed by atoms with E-state index in [-0.39, 0.29) is 11.8 Å². The molecular weight excluding hydrogens is 420 g/mol. The number of ether oxygens (including phenoxy) is 2. The van der Waals surface area contributed by atoms with Crippen LogP contribution in [0.5, 0.6) is 11.5 Å². The van der Waals surface area contributed by atoms with Crippen LogP contribution in [0.3, 0.4) is 0 Å². The second kappa shape index (κ2) is 8.97. The molecule has 3 aromatic rings. The van der Waals surface area contributed by atoms with E-state index in [0.29, 0.717) is 29.5 Å². The third kappa shape index (κ3) is 4.16. The van der Waals surface area contributed by atoms with Crippen LogP contribution < -0.4 is 20.1 Å². The van der Waals surface area contributed by atoms with Crippen LogP contribution in [0.25, 0.3) is 0 Å². The second-order valence-electron chi connectivity index (χ2n) is 8.10. The minimum absolute atomic E-state index is 0.302. The summed E-state index contributed by atoms with van der Waals surface area (Å²) in [5.41, 5.74) is 3.92. The summed E-state index contributed by atoms with van der Waals surface area (Å²) in [6, 6.07) is 12.0. The quantitative estimate of drug-likeness (QED) is 0.603. The lowest BCUT2D eigenvalue weighted by Gasteiger charge is -2.33. The van der Waals surface area contributed by atoms with Gasteiger partial charge in [0.25, 0.3) is 5.91 Å². The molecule has 1 aromatic heterocycles. The summed E-state index contributed by atoms with van der Waals surface area (Å²) in [5, 5.41) is 10.4. The summed E-state index contributed by atoms with van der Waals surface area (Å²) in [7, 11) is 3.36. The van der Waals surface area contributed by atoms with E-state index in [9.17, 15) is 9.59 Å². The monoisotopic (exact) mass is 448 g/mol. The molecule has 8 nitrogen and oxygen atoms in total. The molecule has 2 N–H and O–H groups in total. The van der Waals surface area contributed by atoms with E-state index in [1.807, 2.05) is 51.1 Å². The summed E-state index contributed by atoms with van der Waals surface area (Å²) in [6.07, 6.45) is 0. The van der Waals surface area contributed by atoms with Crippen LogP contribution in [0.15, 0.2) is 42.5 Å². The Morgan fingerprint density at radius 1 is 1.18 bits per heavy atom. The number of nitrogens with zero attached hydrogens (tertiary/aromatic N) is 2. The number of fused-ring (bicyclic) bond motifs is 1. The summed E-state index contributed by atoms with van der Waals surface area (Å²) in [5.74, 6) is 0.730. The minimum Gasteiger partial charge on any atom is -0.493 e. The number of amides is 2. The molecule has 0 bridgehead atoms. The number of hydrogen-bond donors (Lipinski definition) is 2. The van der Waals surface area contributed by atoms with Crippen LogP contribution in [-0.2, 0) is 11.8 Å². The molecule has 8 heteroatoms. The van der Waals surface area contributed by atoms with E-state index < -0.39 is 12.0 Å². The number of carbonyl (C=O) groups is 2. The number of aryl methyl sites for hydroxylation is 3. The van der Waals surface area contributed by atoms with Gasteiger partial charge in [-0.05, 0) is 50.6 Å². The van der Waals surface area contributed by atoms with E-state index in [1.165, 1.54) is 0 Å². The van der Waals surface area contributed by atoms with Crippen molar-refractivity contribution in [3.05, 3.63) is 70.4 Å². The van der Waals surface area contributed by atoms with Crippen molar-refractivity contribution in [3.8, 4) is 11.5 Å². The van der Waals surface area contributed by atoms with Gasteiger partial charge in [-0.2, -0.15) is 5.10 Å². The number of rotatable bonds is 6. The van der Waals surface area contributed by atoms with Crippen LogP contribution in [0.2, 0.25) is 0 Å². The normalized spacial score (nSPS) is 17.2. The van der Waals surface area contributed by atoms with E-state index in [2.05, 4.69) is 15.7 Å². The molecule has 0 unspecified atom stereocenters. The number of benzene rings is 2. The minimum atomic E-state index is -0.837. The van der Waals surface area contributed by atoms with Crippen molar-refractivity contribution in [2.24, 2.45) is 7.05 Å². The van der Waals surface area contributed by atoms with Crippen LogP contribution >= 0.6 is 0 Å². The molecule has 0 spiro atoms. The van der Waals surface area contributed by atoms with Gasteiger partial charge in [-0.25, -0.2) is 0 Å². The molecule has 33 heavy (non-hydrogen) atoms. The molecule has 0 radical (unpaired) electrons. The summed E-state index contributed by atoms with van der Waals surface area (Å²) in [4.78, 5) is 26.3. The van der Waals surface area contributed by atoms with E-state index >= 15 is 0 Å². The lowest BCUT2D eigenvalue weighted by molar-refractivity contribution is -0.118. The van der Waals surface area contributed by atoms with Crippen molar-refractivity contribution in [2.75, 3.05) is 19.0 Å². The topological polar surface area (TPSA) is 94.5 Å². The summed E-state index contributed by atoms with van der Waals surface area (Å²) >= 11 is 0. The smallest absolute Gasteiger partial charge is 0.251 e. The van der Waals surface area contributed by atoms with Gasteiger partial charge in [0, 0.05) is 24.1 Å². The maximum Gasteiger partial charge on any atom is 0.251 e. The fourth-order valence-corrected chi connectivity index (χ4v) is 4.38. The first kappa shape index (κ1) is 22.4. The number of anilines is 1. The van der Waals surface area contributed by atoms with E-state index in [4.69, 9.17) is 9.47 Å². The predicted octanol–water partition coefficient (Wildman–Crippen LogP) is 3.33. The van der Waals surface area contributed by atoms with Gasteiger partial charge < -0.3 is 20.1 Å². The van der Waals surface area contributed by atoms with E-state index in [0.717, 1.165) is 22.4 Å². The van der Waals surface area contributed by atoms with Gasteiger partial charge in [-0.15, -0.1) is 0 Å². The SMILES string of the molecule is CCOc1ccc([C@H]2c3c(C)nn(C)c3NC(=O)[C@H]2NC(=O)c2cccc(C)c2)cc1OC. The number of aromatic nitrogens is 2. The first-order valence-electron chi connectivity index (χ1n) is 10.9. The van der Waals surface area contributed by atoms with Gasteiger partial charge in [0.1, 0.15) is 11.9 Å². The van der Waals surface area contributed by atoms with Crippen molar-refractivity contribution in [1.29, 1.82) is 0 Å². The molecular formula is C25H28N4O4. The van der Waals surface area contributed by atoms with Crippen molar-refractivity contribution in [2.45, 2.75) is 32.7 Å².